The van der Waals surface area contributed by atoms with E-state index in [4.69, 9.17) is 10.3 Å². The molecule has 3 aromatic rings. The van der Waals surface area contributed by atoms with E-state index in [0.29, 0.717) is 24.2 Å². The Bertz CT molecular complexity index is 1070. The third-order valence-corrected chi connectivity index (χ3v) is 7.30. The van der Waals surface area contributed by atoms with Gasteiger partial charge in [-0.25, -0.2) is 8.42 Å². The van der Waals surface area contributed by atoms with E-state index in [9.17, 15) is 13.2 Å². The monoisotopic (exact) mass is 389 g/mol. The van der Waals surface area contributed by atoms with Crippen LogP contribution in [0, 0.1) is 0 Å². The number of aromatic nitrogens is 1. The summed E-state index contributed by atoms with van der Waals surface area (Å²) >= 11 is 1.31. The summed E-state index contributed by atoms with van der Waals surface area (Å²) in [6.07, 6.45) is 1.99. The standard InChI is InChI=1S/C17H15N3O4S2/c18-17(21)12-1-2-13-9-20(5-3-11(13)7-12)26(22,23)14-8-16(25-10-14)15-4-6-24-19-15/h1-2,4,6-8,10H,3,5,9H2,(H2,18,21). The van der Waals surface area contributed by atoms with Crippen LogP contribution < -0.4 is 5.73 Å². The van der Waals surface area contributed by atoms with Crippen LogP contribution in [-0.4, -0.2) is 30.3 Å². The largest absolute Gasteiger partial charge is 0.366 e. The van der Waals surface area contributed by atoms with Gasteiger partial charge in [0.1, 0.15) is 12.0 Å². The molecule has 0 radical (unpaired) electrons. The molecule has 2 aromatic heterocycles. The number of carbonyl (C=O) groups excluding carboxylic acids is 1. The normalized spacial score (nSPS) is 14.9. The van der Waals surface area contributed by atoms with Crippen molar-refractivity contribution in [2.75, 3.05) is 6.54 Å². The molecule has 1 amide bonds. The Labute approximate surface area is 154 Å². The number of hydrogen-bond acceptors (Lipinski definition) is 6. The maximum Gasteiger partial charge on any atom is 0.248 e. The van der Waals surface area contributed by atoms with E-state index in [0.717, 1.165) is 16.0 Å². The minimum atomic E-state index is -3.61. The second-order valence-corrected chi connectivity index (χ2v) is 8.82. The van der Waals surface area contributed by atoms with Crippen LogP contribution in [0.15, 0.2) is 51.4 Å². The van der Waals surface area contributed by atoms with Crippen LogP contribution in [0.1, 0.15) is 21.5 Å². The second kappa shape index (κ2) is 6.35. The molecule has 1 aliphatic heterocycles. The molecule has 1 aromatic carbocycles. The topological polar surface area (TPSA) is 106 Å². The maximum absolute atomic E-state index is 13.0. The SMILES string of the molecule is NC(=O)c1ccc2c(c1)CCN(S(=O)(=O)c1csc(-c3ccon3)c1)C2. The lowest BCUT2D eigenvalue weighted by molar-refractivity contribution is 0.1000. The van der Waals surface area contributed by atoms with Crippen molar-refractivity contribution in [2.24, 2.45) is 5.73 Å². The van der Waals surface area contributed by atoms with Gasteiger partial charge in [-0.2, -0.15) is 4.31 Å². The Morgan fingerprint density at radius 2 is 2.08 bits per heavy atom. The van der Waals surface area contributed by atoms with E-state index >= 15 is 0 Å². The number of primary amides is 1. The van der Waals surface area contributed by atoms with Crippen molar-refractivity contribution in [1.82, 2.24) is 9.46 Å². The predicted molar refractivity (Wildman–Crippen MR) is 96.1 cm³/mol. The molecule has 0 saturated carbocycles. The third-order valence-electron chi connectivity index (χ3n) is 4.37. The quantitative estimate of drug-likeness (QED) is 0.736. The number of carbonyl (C=O) groups is 1. The predicted octanol–water partition coefficient (Wildman–Crippen LogP) is 2.25. The van der Waals surface area contributed by atoms with Crippen molar-refractivity contribution in [3.05, 3.63) is 58.7 Å². The number of fused-ring (bicyclic) bond motifs is 1. The molecule has 0 saturated heterocycles. The summed E-state index contributed by atoms with van der Waals surface area (Å²) < 4.78 is 32.2. The molecule has 4 rings (SSSR count). The van der Waals surface area contributed by atoms with Crippen molar-refractivity contribution in [1.29, 1.82) is 0 Å². The Morgan fingerprint density at radius 1 is 1.23 bits per heavy atom. The highest BCUT2D eigenvalue weighted by atomic mass is 32.2. The molecule has 0 aliphatic carbocycles. The molecule has 0 spiro atoms. The molecule has 0 unspecified atom stereocenters. The molecule has 0 fully saturated rings. The molecule has 0 atom stereocenters. The lowest BCUT2D eigenvalue weighted by Gasteiger charge is -2.28. The molecule has 26 heavy (non-hydrogen) atoms. The third kappa shape index (κ3) is 2.94. The number of thiophene rings is 1. The Morgan fingerprint density at radius 3 is 2.81 bits per heavy atom. The molecule has 7 nitrogen and oxygen atoms in total. The first kappa shape index (κ1) is 17.0. The zero-order valence-electron chi connectivity index (χ0n) is 13.6. The summed E-state index contributed by atoms with van der Waals surface area (Å²) in [5.74, 6) is -0.485. The number of benzene rings is 1. The van der Waals surface area contributed by atoms with Gasteiger partial charge in [-0.05, 0) is 35.7 Å². The van der Waals surface area contributed by atoms with Crippen LogP contribution in [0.2, 0.25) is 0 Å². The Balaban J connectivity index is 1.60. The van der Waals surface area contributed by atoms with Gasteiger partial charge in [0.15, 0.2) is 0 Å². The molecule has 3 heterocycles. The average Bonchev–Trinajstić information content (AvgIpc) is 3.32. The van der Waals surface area contributed by atoms with Gasteiger partial charge in [-0.1, -0.05) is 11.2 Å². The van der Waals surface area contributed by atoms with Gasteiger partial charge in [0.2, 0.25) is 15.9 Å². The van der Waals surface area contributed by atoms with Crippen LogP contribution in [0.25, 0.3) is 10.6 Å². The molecular weight excluding hydrogens is 374 g/mol. The van der Waals surface area contributed by atoms with Gasteiger partial charge in [-0.3, -0.25) is 4.79 Å². The minimum absolute atomic E-state index is 0.248. The number of sulfonamides is 1. The first-order valence-electron chi connectivity index (χ1n) is 7.86. The van der Waals surface area contributed by atoms with Crippen molar-refractivity contribution in [3.63, 3.8) is 0 Å². The van der Waals surface area contributed by atoms with Crippen LogP contribution in [0.3, 0.4) is 0 Å². The highest BCUT2D eigenvalue weighted by Gasteiger charge is 2.29. The van der Waals surface area contributed by atoms with Crippen molar-refractivity contribution in [3.8, 4) is 10.6 Å². The van der Waals surface area contributed by atoms with Crippen LogP contribution >= 0.6 is 11.3 Å². The summed E-state index contributed by atoms with van der Waals surface area (Å²) in [6.45, 7) is 0.624. The first-order valence-corrected chi connectivity index (χ1v) is 10.2. The molecule has 134 valence electrons. The van der Waals surface area contributed by atoms with Gasteiger partial charge in [0, 0.05) is 30.1 Å². The highest BCUT2D eigenvalue weighted by molar-refractivity contribution is 7.89. The Kier molecular flexibility index (Phi) is 4.14. The van der Waals surface area contributed by atoms with Gasteiger partial charge in [0.05, 0.1) is 9.77 Å². The fraction of sp³-hybridized carbons (Fsp3) is 0.176. The van der Waals surface area contributed by atoms with E-state index in [1.54, 1.807) is 35.7 Å². The van der Waals surface area contributed by atoms with Crippen molar-refractivity contribution in [2.45, 2.75) is 17.9 Å². The number of hydrogen-bond donors (Lipinski definition) is 1. The maximum atomic E-state index is 13.0. The summed E-state index contributed by atoms with van der Waals surface area (Å²) in [5.41, 5.74) is 8.20. The fourth-order valence-electron chi connectivity index (χ4n) is 2.96. The summed E-state index contributed by atoms with van der Waals surface area (Å²) in [5, 5.41) is 5.45. The van der Waals surface area contributed by atoms with Crippen LogP contribution in [0.4, 0.5) is 0 Å². The zero-order chi connectivity index (χ0) is 18.3. The zero-order valence-corrected chi connectivity index (χ0v) is 15.2. The smallest absolute Gasteiger partial charge is 0.248 e. The van der Waals surface area contributed by atoms with E-state index in [1.807, 2.05) is 0 Å². The summed E-state index contributed by atoms with van der Waals surface area (Å²) in [7, 11) is -3.61. The lowest BCUT2D eigenvalue weighted by atomic mass is 9.98. The van der Waals surface area contributed by atoms with Gasteiger partial charge >= 0.3 is 0 Å². The number of nitrogens with zero attached hydrogens (tertiary/aromatic N) is 2. The van der Waals surface area contributed by atoms with E-state index in [-0.39, 0.29) is 11.4 Å². The minimum Gasteiger partial charge on any atom is -0.366 e. The van der Waals surface area contributed by atoms with Crippen LogP contribution in [0.5, 0.6) is 0 Å². The summed E-state index contributed by atoms with van der Waals surface area (Å²) in [4.78, 5) is 12.3. The average molecular weight is 389 g/mol. The fourth-order valence-corrected chi connectivity index (χ4v) is 5.61. The van der Waals surface area contributed by atoms with Crippen molar-refractivity contribution < 1.29 is 17.7 Å². The molecule has 2 N–H and O–H groups in total. The molecular formula is C17H15N3O4S2. The Hall–Kier alpha value is -2.49. The van der Waals surface area contributed by atoms with Gasteiger partial charge < -0.3 is 10.3 Å². The van der Waals surface area contributed by atoms with Gasteiger partial charge in [-0.15, -0.1) is 11.3 Å². The molecule has 1 aliphatic rings. The number of amides is 1. The second-order valence-electron chi connectivity index (χ2n) is 5.97. The van der Waals surface area contributed by atoms with Crippen LogP contribution in [-0.2, 0) is 23.0 Å². The number of nitrogens with two attached hydrogens (primary N) is 1. The summed E-state index contributed by atoms with van der Waals surface area (Å²) in [6, 6.07) is 8.45. The van der Waals surface area contributed by atoms with Crippen molar-refractivity contribution >= 4 is 27.3 Å². The van der Waals surface area contributed by atoms with E-state index in [1.165, 1.54) is 21.9 Å². The number of rotatable bonds is 4. The van der Waals surface area contributed by atoms with E-state index in [2.05, 4.69) is 5.16 Å². The molecule has 0 bridgehead atoms. The van der Waals surface area contributed by atoms with E-state index < -0.39 is 15.9 Å². The first-order chi connectivity index (χ1) is 12.4. The van der Waals surface area contributed by atoms with Gasteiger partial charge in [0.25, 0.3) is 0 Å². The highest BCUT2D eigenvalue weighted by Crippen LogP contribution is 2.32. The molecule has 9 heteroatoms. The lowest BCUT2D eigenvalue weighted by Crippen LogP contribution is -2.36.